The Morgan fingerprint density at radius 3 is 3.09 bits per heavy atom. The number of anilines is 1. The van der Waals surface area contributed by atoms with E-state index in [1.165, 1.54) is 23.1 Å². The predicted molar refractivity (Wildman–Crippen MR) is 49.0 cm³/mol. The van der Waals surface area contributed by atoms with E-state index < -0.39 is 0 Å². The minimum Gasteiger partial charge on any atom is -0.382 e. The summed E-state index contributed by atoms with van der Waals surface area (Å²) in [6.45, 7) is 1.93. The van der Waals surface area contributed by atoms with Crippen molar-refractivity contribution in [3.63, 3.8) is 0 Å². The summed E-state index contributed by atoms with van der Waals surface area (Å²) in [5.41, 5.74) is 7.02. The summed E-state index contributed by atoms with van der Waals surface area (Å²) in [5.74, 6) is 1.12. The lowest BCUT2D eigenvalue weighted by Crippen LogP contribution is -1.96. The molecular formula is C6H8N2OS2. The van der Waals surface area contributed by atoms with Gasteiger partial charge < -0.3 is 5.73 Å². The molecule has 1 aromatic heterocycles. The molecule has 0 atom stereocenters. The number of thiazole rings is 1. The van der Waals surface area contributed by atoms with Crippen molar-refractivity contribution in [2.24, 2.45) is 0 Å². The number of thioether (sulfide) groups is 1. The lowest BCUT2D eigenvalue weighted by Gasteiger charge is -1.93. The third kappa shape index (κ3) is 1.94. The highest BCUT2D eigenvalue weighted by molar-refractivity contribution is 8.14. The monoisotopic (exact) mass is 188 g/mol. The first kappa shape index (κ1) is 8.55. The minimum absolute atomic E-state index is 0.0208. The van der Waals surface area contributed by atoms with Gasteiger partial charge in [0.25, 0.3) is 0 Å². The number of nitrogen functional groups attached to an aromatic ring is 1. The average molecular weight is 188 g/mol. The van der Waals surface area contributed by atoms with Crippen molar-refractivity contribution in [2.45, 2.75) is 6.92 Å². The topological polar surface area (TPSA) is 56.0 Å². The Balaban J connectivity index is 2.76. The number of nitrogens with zero attached hydrogens (tertiary/aromatic N) is 1. The number of hydrogen-bond donors (Lipinski definition) is 1. The number of carbonyl (C=O) groups excluding carboxylic acids is 1. The zero-order chi connectivity index (χ0) is 8.27. The molecule has 0 saturated heterocycles. The Kier molecular flexibility index (Phi) is 2.90. The van der Waals surface area contributed by atoms with E-state index in [1.54, 1.807) is 5.51 Å². The molecule has 0 aliphatic heterocycles. The number of hydrogen-bond acceptors (Lipinski definition) is 5. The van der Waals surface area contributed by atoms with Crippen LogP contribution in [-0.4, -0.2) is 15.9 Å². The Bertz CT molecular complexity index is 259. The van der Waals surface area contributed by atoms with E-state index in [9.17, 15) is 4.79 Å². The molecule has 0 aliphatic rings. The Hall–Kier alpha value is -0.550. The highest BCUT2D eigenvalue weighted by Crippen LogP contribution is 2.21. The van der Waals surface area contributed by atoms with Crippen LogP contribution in [0.4, 0.5) is 5.82 Å². The summed E-state index contributed by atoms with van der Waals surface area (Å²) in [5, 5.41) is 0.0208. The van der Waals surface area contributed by atoms with Crippen molar-refractivity contribution in [3.8, 4) is 0 Å². The van der Waals surface area contributed by atoms with Crippen molar-refractivity contribution in [3.05, 3.63) is 10.4 Å². The fraction of sp³-hybridized carbons (Fsp3) is 0.333. The van der Waals surface area contributed by atoms with Crippen LogP contribution >= 0.6 is 23.1 Å². The van der Waals surface area contributed by atoms with Crippen LogP contribution in [0, 0.1) is 0 Å². The Morgan fingerprint density at radius 2 is 2.64 bits per heavy atom. The fourth-order valence-electron chi connectivity index (χ4n) is 0.604. The summed E-state index contributed by atoms with van der Waals surface area (Å²) >= 11 is 2.55. The summed E-state index contributed by atoms with van der Waals surface area (Å²) in [6, 6.07) is 0. The van der Waals surface area contributed by atoms with Gasteiger partial charge in [0.1, 0.15) is 10.7 Å². The molecule has 0 aliphatic carbocycles. The average Bonchev–Trinajstić information content (AvgIpc) is 2.36. The summed E-state index contributed by atoms with van der Waals surface area (Å²) in [4.78, 5) is 15.5. The molecular weight excluding hydrogens is 180 g/mol. The molecule has 0 spiro atoms. The van der Waals surface area contributed by atoms with E-state index in [-0.39, 0.29) is 5.12 Å². The third-order valence-corrected chi connectivity index (χ3v) is 2.78. The highest BCUT2D eigenvalue weighted by Gasteiger charge is 2.11. The fourth-order valence-corrected chi connectivity index (χ4v) is 1.96. The molecule has 3 nitrogen and oxygen atoms in total. The molecule has 1 rings (SSSR count). The normalized spacial score (nSPS) is 9.91. The SMILES string of the molecule is CCSC(=O)c1scnc1N. The lowest BCUT2D eigenvalue weighted by atomic mass is 10.5. The molecule has 2 N–H and O–H groups in total. The molecule has 1 heterocycles. The van der Waals surface area contributed by atoms with E-state index >= 15 is 0 Å². The molecule has 0 fully saturated rings. The van der Waals surface area contributed by atoms with E-state index in [4.69, 9.17) is 5.73 Å². The van der Waals surface area contributed by atoms with Gasteiger partial charge in [-0.25, -0.2) is 4.98 Å². The molecule has 60 valence electrons. The first-order valence-electron chi connectivity index (χ1n) is 3.11. The van der Waals surface area contributed by atoms with Gasteiger partial charge in [-0.05, 0) is 5.75 Å². The summed E-state index contributed by atoms with van der Waals surface area (Å²) in [6.07, 6.45) is 0. The maximum atomic E-state index is 11.2. The minimum atomic E-state index is 0.0208. The molecule has 0 amide bonds. The van der Waals surface area contributed by atoms with Crippen molar-refractivity contribution >= 4 is 34.0 Å². The van der Waals surface area contributed by atoms with Crippen LogP contribution in [0.3, 0.4) is 0 Å². The molecule has 0 bridgehead atoms. The van der Waals surface area contributed by atoms with Crippen molar-refractivity contribution < 1.29 is 4.79 Å². The Labute approximate surface area is 73.0 Å². The number of nitrogens with two attached hydrogens (primary N) is 1. The maximum absolute atomic E-state index is 11.2. The first-order valence-corrected chi connectivity index (χ1v) is 4.98. The quantitative estimate of drug-likeness (QED) is 0.766. The maximum Gasteiger partial charge on any atom is 0.233 e. The van der Waals surface area contributed by atoms with Crippen molar-refractivity contribution in [1.29, 1.82) is 0 Å². The van der Waals surface area contributed by atoms with Gasteiger partial charge in [0, 0.05) is 0 Å². The molecule has 0 saturated carbocycles. The van der Waals surface area contributed by atoms with Crippen LogP contribution in [0.5, 0.6) is 0 Å². The van der Waals surface area contributed by atoms with Crippen LogP contribution in [0.25, 0.3) is 0 Å². The van der Waals surface area contributed by atoms with Crippen LogP contribution < -0.4 is 5.73 Å². The molecule has 0 radical (unpaired) electrons. The van der Waals surface area contributed by atoms with Crippen LogP contribution in [0.2, 0.25) is 0 Å². The molecule has 5 heteroatoms. The molecule has 0 unspecified atom stereocenters. The van der Waals surface area contributed by atoms with Gasteiger partial charge in [0.2, 0.25) is 5.12 Å². The molecule has 0 aromatic carbocycles. The second kappa shape index (κ2) is 3.73. The van der Waals surface area contributed by atoms with Gasteiger partial charge in [-0.1, -0.05) is 18.7 Å². The van der Waals surface area contributed by atoms with Crippen molar-refractivity contribution in [1.82, 2.24) is 4.98 Å². The van der Waals surface area contributed by atoms with Gasteiger partial charge in [-0.15, -0.1) is 11.3 Å². The van der Waals surface area contributed by atoms with E-state index in [1.807, 2.05) is 6.92 Å². The van der Waals surface area contributed by atoms with E-state index in [2.05, 4.69) is 4.98 Å². The van der Waals surface area contributed by atoms with Crippen LogP contribution in [0.15, 0.2) is 5.51 Å². The van der Waals surface area contributed by atoms with Crippen LogP contribution in [-0.2, 0) is 0 Å². The first-order chi connectivity index (χ1) is 5.25. The number of carbonyl (C=O) groups is 1. The lowest BCUT2D eigenvalue weighted by molar-refractivity contribution is 0.109. The zero-order valence-corrected chi connectivity index (χ0v) is 7.67. The second-order valence-corrected chi connectivity index (χ2v) is 3.88. The number of rotatable bonds is 2. The molecule has 11 heavy (non-hydrogen) atoms. The van der Waals surface area contributed by atoms with Gasteiger partial charge >= 0.3 is 0 Å². The molecule has 1 aromatic rings. The smallest absolute Gasteiger partial charge is 0.233 e. The van der Waals surface area contributed by atoms with E-state index in [0.29, 0.717) is 10.7 Å². The van der Waals surface area contributed by atoms with Gasteiger partial charge in [0.15, 0.2) is 0 Å². The second-order valence-electron chi connectivity index (χ2n) is 1.79. The largest absolute Gasteiger partial charge is 0.382 e. The van der Waals surface area contributed by atoms with E-state index in [0.717, 1.165) is 5.75 Å². The van der Waals surface area contributed by atoms with Gasteiger partial charge in [-0.3, -0.25) is 4.79 Å². The van der Waals surface area contributed by atoms with Gasteiger partial charge in [-0.2, -0.15) is 0 Å². The predicted octanol–water partition coefficient (Wildman–Crippen LogP) is 1.62. The third-order valence-electron chi connectivity index (χ3n) is 1.06. The van der Waals surface area contributed by atoms with Crippen LogP contribution in [0.1, 0.15) is 16.6 Å². The summed E-state index contributed by atoms with van der Waals surface area (Å²) in [7, 11) is 0. The number of aromatic nitrogens is 1. The van der Waals surface area contributed by atoms with Gasteiger partial charge in [0.05, 0.1) is 5.51 Å². The highest BCUT2D eigenvalue weighted by atomic mass is 32.2. The van der Waals surface area contributed by atoms with Crippen molar-refractivity contribution in [2.75, 3.05) is 11.5 Å². The summed E-state index contributed by atoms with van der Waals surface area (Å²) < 4.78 is 0. The standard InChI is InChI=1S/C6H8N2OS2/c1-2-10-6(9)4-5(7)8-3-11-4/h3H,2,7H2,1H3. The Morgan fingerprint density at radius 1 is 1.91 bits per heavy atom. The zero-order valence-electron chi connectivity index (χ0n) is 6.03.